The van der Waals surface area contributed by atoms with Crippen LogP contribution in [-0.2, 0) is 16.6 Å². The Morgan fingerprint density at radius 1 is 1.71 bits per heavy atom. The van der Waals surface area contributed by atoms with Crippen LogP contribution in [0.15, 0.2) is 11.2 Å². The fourth-order valence-electron chi connectivity index (χ4n) is 1.78. The van der Waals surface area contributed by atoms with Gasteiger partial charge in [-0.3, -0.25) is 5.10 Å². The van der Waals surface area contributed by atoms with Gasteiger partial charge in [0.1, 0.15) is 0 Å². The Kier molecular flexibility index (Phi) is 3.76. The lowest BCUT2D eigenvalue weighted by Gasteiger charge is -2.22. The molecule has 0 radical (unpaired) electrons. The first-order valence-corrected chi connectivity index (χ1v) is 7.85. The predicted octanol–water partition coefficient (Wildman–Crippen LogP) is 0.0280. The van der Waals surface area contributed by atoms with Crippen molar-refractivity contribution in [2.75, 3.05) is 18.6 Å². The molecular formula is C9H15N3O3S2. The van der Waals surface area contributed by atoms with E-state index in [1.807, 2.05) is 0 Å². The second-order valence-electron chi connectivity index (χ2n) is 3.92. The Morgan fingerprint density at radius 3 is 3.06 bits per heavy atom. The average molecular weight is 277 g/mol. The van der Waals surface area contributed by atoms with Crippen molar-refractivity contribution in [2.45, 2.75) is 24.1 Å². The minimum Gasteiger partial charge on any atom is -0.392 e. The van der Waals surface area contributed by atoms with Crippen molar-refractivity contribution in [2.24, 2.45) is 0 Å². The third-order valence-electron chi connectivity index (χ3n) is 2.91. The lowest BCUT2D eigenvalue weighted by Crippen LogP contribution is -2.37. The maximum absolute atomic E-state index is 12.3. The summed E-state index contributed by atoms with van der Waals surface area (Å²) >= 11 is 1.75. The largest absolute Gasteiger partial charge is 0.392 e. The normalized spacial score (nSPS) is 21.2. The summed E-state index contributed by atoms with van der Waals surface area (Å²) in [6.45, 7) is -0.335. The number of aliphatic hydroxyl groups is 1. The first-order chi connectivity index (χ1) is 8.07. The molecule has 1 aromatic heterocycles. The van der Waals surface area contributed by atoms with Crippen LogP contribution in [0, 0.1) is 0 Å². The number of sulfonamides is 1. The summed E-state index contributed by atoms with van der Waals surface area (Å²) in [5.74, 6) is 1.80. The van der Waals surface area contributed by atoms with Crippen LogP contribution in [-0.4, -0.2) is 52.6 Å². The van der Waals surface area contributed by atoms with E-state index in [1.54, 1.807) is 18.8 Å². The van der Waals surface area contributed by atoms with Gasteiger partial charge in [-0.05, 0) is 12.2 Å². The van der Waals surface area contributed by atoms with Gasteiger partial charge in [-0.1, -0.05) is 0 Å². The highest BCUT2D eigenvalue weighted by Crippen LogP contribution is 2.26. The van der Waals surface area contributed by atoms with Gasteiger partial charge in [0.2, 0.25) is 0 Å². The van der Waals surface area contributed by atoms with E-state index in [1.165, 1.54) is 10.5 Å². The minimum atomic E-state index is -3.58. The van der Waals surface area contributed by atoms with E-state index >= 15 is 0 Å². The number of aromatic nitrogens is 2. The number of hydrogen-bond donors (Lipinski definition) is 2. The molecule has 1 unspecified atom stereocenters. The monoisotopic (exact) mass is 277 g/mol. The zero-order valence-corrected chi connectivity index (χ0v) is 11.1. The Morgan fingerprint density at radius 2 is 2.47 bits per heavy atom. The number of hydrogen-bond acceptors (Lipinski definition) is 5. The summed E-state index contributed by atoms with van der Waals surface area (Å²) in [5, 5.41) is 15.2. The molecule has 0 amide bonds. The van der Waals surface area contributed by atoms with Crippen molar-refractivity contribution < 1.29 is 13.5 Å². The zero-order chi connectivity index (χ0) is 12.5. The van der Waals surface area contributed by atoms with E-state index in [-0.39, 0.29) is 17.7 Å². The molecule has 2 heterocycles. The van der Waals surface area contributed by atoms with Crippen molar-refractivity contribution in [1.29, 1.82) is 0 Å². The van der Waals surface area contributed by atoms with Gasteiger partial charge in [-0.2, -0.15) is 21.2 Å². The molecule has 0 aliphatic carbocycles. The molecule has 0 aromatic carbocycles. The second-order valence-corrected chi connectivity index (χ2v) is 7.01. The number of thioether (sulfide) groups is 1. The quantitative estimate of drug-likeness (QED) is 0.811. The predicted molar refractivity (Wildman–Crippen MR) is 65.2 cm³/mol. The fourth-order valence-corrected chi connectivity index (χ4v) is 4.62. The van der Waals surface area contributed by atoms with Crippen LogP contribution >= 0.6 is 11.8 Å². The Hall–Kier alpha value is -0.570. The molecule has 0 saturated carbocycles. The van der Waals surface area contributed by atoms with Crippen molar-refractivity contribution in [3.05, 3.63) is 11.8 Å². The lowest BCUT2D eigenvalue weighted by molar-refractivity contribution is 0.277. The molecule has 0 spiro atoms. The van der Waals surface area contributed by atoms with Crippen LogP contribution in [0.2, 0.25) is 0 Å². The molecule has 2 rings (SSSR count). The fraction of sp³-hybridized carbons (Fsp3) is 0.667. The number of H-pyrrole nitrogens is 1. The molecule has 1 aliphatic rings. The highest BCUT2D eigenvalue weighted by Gasteiger charge is 2.32. The van der Waals surface area contributed by atoms with Gasteiger partial charge in [0.15, 0.2) is 5.03 Å². The smallest absolute Gasteiger partial charge is 0.260 e. The highest BCUT2D eigenvalue weighted by molar-refractivity contribution is 7.99. The van der Waals surface area contributed by atoms with Gasteiger partial charge in [0, 0.05) is 24.4 Å². The van der Waals surface area contributed by atoms with Crippen LogP contribution in [0.3, 0.4) is 0 Å². The average Bonchev–Trinajstić information content (AvgIpc) is 2.98. The standard InChI is InChI=1S/C9H15N3O3S2/c1-12(8-2-3-16-6-8)17(14,15)9-7(5-13)4-10-11-9/h4,8,13H,2-3,5-6H2,1H3,(H,10,11). The minimum absolute atomic E-state index is 0.000556. The topological polar surface area (TPSA) is 86.3 Å². The third kappa shape index (κ3) is 2.35. The molecule has 0 bridgehead atoms. The summed E-state index contributed by atoms with van der Waals surface area (Å²) in [4.78, 5) is 0. The van der Waals surface area contributed by atoms with Gasteiger partial charge in [0.05, 0.1) is 12.8 Å². The molecule has 1 aliphatic heterocycles. The zero-order valence-electron chi connectivity index (χ0n) is 9.46. The highest BCUT2D eigenvalue weighted by atomic mass is 32.2. The van der Waals surface area contributed by atoms with Gasteiger partial charge in [-0.25, -0.2) is 8.42 Å². The van der Waals surface area contributed by atoms with Crippen molar-refractivity contribution >= 4 is 21.8 Å². The number of nitrogens with one attached hydrogen (secondary N) is 1. The Balaban J connectivity index is 2.29. The summed E-state index contributed by atoms with van der Waals surface area (Å²) in [7, 11) is -2.00. The van der Waals surface area contributed by atoms with Gasteiger partial charge < -0.3 is 5.11 Å². The first-order valence-electron chi connectivity index (χ1n) is 5.26. The lowest BCUT2D eigenvalue weighted by atomic mass is 10.3. The molecule has 17 heavy (non-hydrogen) atoms. The van der Waals surface area contributed by atoms with Gasteiger partial charge in [0.25, 0.3) is 10.0 Å². The molecule has 6 nitrogen and oxygen atoms in total. The van der Waals surface area contributed by atoms with E-state index in [2.05, 4.69) is 10.2 Å². The van der Waals surface area contributed by atoms with E-state index in [9.17, 15) is 8.42 Å². The van der Waals surface area contributed by atoms with E-state index < -0.39 is 10.0 Å². The Labute approximate surface area is 104 Å². The van der Waals surface area contributed by atoms with Crippen LogP contribution in [0.5, 0.6) is 0 Å². The number of rotatable bonds is 4. The number of aliphatic hydroxyl groups excluding tert-OH is 1. The number of aromatic amines is 1. The van der Waals surface area contributed by atoms with Crippen LogP contribution < -0.4 is 0 Å². The molecule has 1 fully saturated rings. The Bertz CT molecular complexity index is 479. The molecule has 1 atom stereocenters. The van der Waals surface area contributed by atoms with Crippen molar-refractivity contribution in [3.63, 3.8) is 0 Å². The van der Waals surface area contributed by atoms with Gasteiger partial charge >= 0.3 is 0 Å². The number of nitrogens with zero attached hydrogens (tertiary/aromatic N) is 2. The van der Waals surface area contributed by atoms with Crippen LogP contribution in [0.25, 0.3) is 0 Å². The molecule has 8 heteroatoms. The third-order valence-corrected chi connectivity index (χ3v) is 5.98. The molecule has 1 aromatic rings. The SMILES string of the molecule is CN(C1CCSC1)S(=O)(=O)c1[nH]ncc1CO. The molecule has 2 N–H and O–H groups in total. The summed E-state index contributed by atoms with van der Waals surface area (Å²) < 4.78 is 26.0. The maximum atomic E-state index is 12.3. The summed E-state index contributed by atoms with van der Waals surface area (Å²) in [6.07, 6.45) is 2.20. The van der Waals surface area contributed by atoms with E-state index in [4.69, 9.17) is 5.11 Å². The van der Waals surface area contributed by atoms with Crippen LogP contribution in [0.4, 0.5) is 0 Å². The summed E-state index contributed by atoms with van der Waals surface area (Å²) in [6, 6.07) is 0.0276. The van der Waals surface area contributed by atoms with E-state index in [0.29, 0.717) is 5.56 Å². The van der Waals surface area contributed by atoms with Crippen LogP contribution in [0.1, 0.15) is 12.0 Å². The van der Waals surface area contributed by atoms with E-state index in [0.717, 1.165) is 17.9 Å². The van der Waals surface area contributed by atoms with Crippen molar-refractivity contribution in [1.82, 2.24) is 14.5 Å². The maximum Gasteiger partial charge on any atom is 0.260 e. The molecule has 96 valence electrons. The summed E-state index contributed by atoms with van der Waals surface area (Å²) in [5.41, 5.74) is 0.308. The first kappa shape index (κ1) is 12.9. The molecular weight excluding hydrogens is 262 g/mol. The van der Waals surface area contributed by atoms with Gasteiger partial charge in [-0.15, -0.1) is 0 Å². The van der Waals surface area contributed by atoms with Crippen molar-refractivity contribution in [3.8, 4) is 0 Å². The molecule has 1 saturated heterocycles. The second kappa shape index (κ2) is 4.97.